The highest BCUT2D eigenvalue weighted by Gasteiger charge is 2.37. The molecule has 1 amide bonds. The van der Waals surface area contributed by atoms with Gasteiger partial charge >= 0.3 is 5.97 Å². The molecule has 1 fully saturated rings. The summed E-state index contributed by atoms with van der Waals surface area (Å²) in [5.74, 6) is -1.40. The minimum absolute atomic E-state index is 0.102. The Bertz CT molecular complexity index is 876. The number of carbonyl (C=O) groups is 3. The summed E-state index contributed by atoms with van der Waals surface area (Å²) >= 11 is 4.59. The van der Waals surface area contributed by atoms with Crippen LogP contribution >= 0.6 is 27.3 Å². The minimum Gasteiger partial charge on any atom is -0.457 e. The van der Waals surface area contributed by atoms with Gasteiger partial charge in [-0.3, -0.25) is 14.4 Å². The second-order valence-electron chi connectivity index (χ2n) is 6.26. The van der Waals surface area contributed by atoms with Gasteiger partial charge in [-0.1, -0.05) is 12.1 Å². The fourth-order valence-electron chi connectivity index (χ4n) is 2.92. The maximum atomic E-state index is 12.4. The van der Waals surface area contributed by atoms with Crippen molar-refractivity contribution in [2.75, 3.05) is 18.1 Å². The van der Waals surface area contributed by atoms with Crippen LogP contribution in [0.25, 0.3) is 0 Å². The molecule has 3 rings (SSSR count). The molecule has 1 atom stereocenters. The molecule has 2 heterocycles. The first-order valence-corrected chi connectivity index (χ1v) is 9.79. The molecule has 1 saturated heterocycles. The number of ether oxygens (including phenoxy) is 1. The van der Waals surface area contributed by atoms with E-state index in [0.29, 0.717) is 4.88 Å². The summed E-state index contributed by atoms with van der Waals surface area (Å²) in [5.41, 5.74) is 2.94. The molecule has 5 nitrogen and oxygen atoms in total. The number of nitrogens with zero attached hydrogens (tertiary/aromatic N) is 1. The minimum atomic E-state index is -0.551. The molecule has 0 saturated carbocycles. The molecule has 1 unspecified atom stereocenters. The van der Waals surface area contributed by atoms with Crippen molar-refractivity contribution in [1.29, 1.82) is 0 Å². The molecular formula is C19H18BrNO4S. The van der Waals surface area contributed by atoms with Crippen LogP contribution < -0.4 is 4.90 Å². The van der Waals surface area contributed by atoms with Gasteiger partial charge in [0.1, 0.15) is 0 Å². The molecule has 136 valence electrons. The predicted molar refractivity (Wildman–Crippen MR) is 104 cm³/mol. The summed E-state index contributed by atoms with van der Waals surface area (Å²) in [5, 5.41) is 0. The summed E-state index contributed by atoms with van der Waals surface area (Å²) in [6.45, 7) is 3.92. The van der Waals surface area contributed by atoms with Crippen molar-refractivity contribution >= 4 is 50.6 Å². The van der Waals surface area contributed by atoms with Crippen LogP contribution in [0.5, 0.6) is 0 Å². The summed E-state index contributed by atoms with van der Waals surface area (Å²) in [4.78, 5) is 38.9. The summed E-state index contributed by atoms with van der Waals surface area (Å²) in [6.07, 6.45) is 0.102. The SMILES string of the molecule is Cc1cccc(N2CC(C(=O)OCC(=O)c3ccc(Br)s3)CC2=O)c1C. The number of ketones is 1. The van der Waals surface area contributed by atoms with E-state index < -0.39 is 11.9 Å². The van der Waals surface area contributed by atoms with Crippen LogP contribution in [0.4, 0.5) is 5.69 Å². The molecule has 0 spiro atoms. The number of aryl methyl sites for hydroxylation is 1. The fraction of sp³-hybridized carbons (Fsp3) is 0.316. The van der Waals surface area contributed by atoms with Gasteiger partial charge in [-0.15, -0.1) is 11.3 Å². The lowest BCUT2D eigenvalue weighted by Crippen LogP contribution is -2.27. The number of benzene rings is 1. The zero-order valence-corrected chi connectivity index (χ0v) is 16.9. The number of rotatable bonds is 5. The summed E-state index contributed by atoms with van der Waals surface area (Å²) in [7, 11) is 0. The van der Waals surface area contributed by atoms with Gasteiger partial charge in [0.15, 0.2) is 6.61 Å². The monoisotopic (exact) mass is 435 g/mol. The highest BCUT2D eigenvalue weighted by Crippen LogP contribution is 2.30. The first kappa shape index (κ1) is 18.8. The average Bonchev–Trinajstić information content (AvgIpc) is 3.21. The number of Topliss-reactive ketones (excluding diaryl/α,β-unsaturated/α-hetero) is 1. The Labute approximate surface area is 164 Å². The van der Waals surface area contributed by atoms with E-state index in [0.717, 1.165) is 20.6 Å². The molecule has 0 bridgehead atoms. The highest BCUT2D eigenvalue weighted by molar-refractivity contribution is 9.11. The maximum absolute atomic E-state index is 12.4. The number of amides is 1. The topological polar surface area (TPSA) is 63.7 Å². The molecule has 2 aromatic rings. The Morgan fingerprint density at radius 1 is 1.27 bits per heavy atom. The van der Waals surface area contributed by atoms with Crippen LogP contribution in [0.2, 0.25) is 0 Å². The van der Waals surface area contributed by atoms with E-state index in [-0.39, 0.29) is 31.3 Å². The van der Waals surface area contributed by atoms with Gasteiger partial charge in [-0.25, -0.2) is 0 Å². The molecule has 0 N–H and O–H groups in total. The van der Waals surface area contributed by atoms with Gasteiger partial charge in [-0.2, -0.15) is 0 Å². The van der Waals surface area contributed by atoms with Crippen LogP contribution in [-0.2, 0) is 14.3 Å². The largest absolute Gasteiger partial charge is 0.457 e. The number of esters is 1. The molecule has 26 heavy (non-hydrogen) atoms. The van der Waals surface area contributed by atoms with E-state index in [1.807, 2.05) is 32.0 Å². The average molecular weight is 436 g/mol. The lowest BCUT2D eigenvalue weighted by Gasteiger charge is -2.20. The molecular weight excluding hydrogens is 418 g/mol. The zero-order valence-electron chi connectivity index (χ0n) is 14.5. The van der Waals surface area contributed by atoms with Gasteiger partial charge in [0.05, 0.1) is 14.6 Å². The normalized spacial score (nSPS) is 16.8. The van der Waals surface area contributed by atoms with Crippen LogP contribution in [0.15, 0.2) is 34.1 Å². The van der Waals surface area contributed by atoms with E-state index in [2.05, 4.69) is 15.9 Å². The number of thiophene rings is 1. The van der Waals surface area contributed by atoms with Crippen molar-refractivity contribution in [2.45, 2.75) is 20.3 Å². The summed E-state index contributed by atoms with van der Waals surface area (Å²) < 4.78 is 6.01. The third-order valence-electron chi connectivity index (χ3n) is 4.52. The van der Waals surface area contributed by atoms with E-state index in [1.54, 1.807) is 17.0 Å². The number of hydrogen-bond donors (Lipinski definition) is 0. The van der Waals surface area contributed by atoms with Crippen molar-refractivity contribution in [2.24, 2.45) is 5.92 Å². The smallest absolute Gasteiger partial charge is 0.311 e. The van der Waals surface area contributed by atoms with Crippen molar-refractivity contribution in [3.05, 3.63) is 50.1 Å². The number of anilines is 1. The lowest BCUT2D eigenvalue weighted by atomic mass is 10.1. The Morgan fingerprint density at radius 2 is 2.04 bits per heavy atom. The van der Waals surface area contributed by atoms with E-state index in [1.165, 1.54) is 11.3 Å². The Kier molecular flexibility index (Phi) is 5.58. The Morgan fingerprint density at radius 3 is 2.73 bits per heavy atom. The molecule has 1 aromatic carbocycles. The molecule has 0 aliphatic carbocycles. The van der Waals surface area contributed by atoms with E-state index in [4.69, 9.17) is 4.74 Å². The number of carbonyl (C=O) groups excluding carboxylic acids is 3. The highest BCUT2D eigenvalue weighted by atomic mass is 79.9. The van der Waals surface area contributed by atoms with Crippen molar-refractivity contribution < 1.29 is 19.1 Å². The molecule has 1 aromatic heterocycles. The van der Waals surface area contributed by atoms with Crippen LogP contribution in [0.1, 0.15) is 27.2 Å². The summed E-state index contributed by atoms with van der Waals surface area (Å²) in [6, 6.07) is 9.23. The number of hydrogen-bond acceptors (Lipinski definition) is 5. The second-order valence-corrected chi connectivity index (χ2v) is 8.72. The first-order chi connectivity index (χ1) is 12.4. The van der Waals surface area contributed by atoms with Gasteiger partial charge in [0.2, 0.25) is 11.7 Å². The lowest BCUT2D eigenvalue weighted by molar-refractivity contribution is -0.147. The van der Waals surface area contributed by atoms with Gasteiger partial charge in [-0.05, 0) is 59.1 Å². The van der Waals surface area contributed by atoms with Crippen molar-refractivity contribution in [1.82, 2.24) is 0 Å². The second kappa shape index (κ2) is 7.72. The maximum Gasteiger partial charge on any atom is 0.311 e. The third kappa shape index (κ3) is 3.88. The Balaban J connectivity index is 1.62. The fourth-order valence-corrected chi connectivity index (χ4v) is 4.23. The zero-order chi connectivity index (χ0) is 18.8. The number of halogens is 1. The first-order valence-electron chi connectivity index (χ1n) is 8.18. The van der Waals surface area contributed by atoms with Crippen molar-refractivity contribution in [3.8, 4) is 0 Å². The van der Waals surface area contributed by atoms with Gasteiger partial charge in [0, 0.05) is 18.7 Å². The third-order valence-corrected chi connectivity index (χ3v) is 6.18. The van der Waals surface area contributed by atoms with Crippen LogP contribution in [0.3, 0.4) is 0 Å². The van der Waals surface area contributed by atoms with Crippen molar-refractivity contribution in [3.63, 3.8) is 0 Å². The van der Waals surface area contributed by atoms with Crippen LogP contribution in [0, 0.1) is 19.8 Å². The Hall–Kier alpha value is -1.99. The van der Waals surface area contributed by atoms with Gasteiger partial charge in [0.25, 0.3) is 0 Å². The molecule has 1 aliphatic heterocycles. The van der Waals surface area contributed by atoms with Gasteiger partial charge < -0.3 is 9.64 Å². The van der Waals surface area contributed by atoms with E-state index >= 15 is 0 Å². The molecule has 1 aliphatic rings. The standard InChI is InChI=1S/C19H18BrNO4S/c1-11-4-3-5-14(12(11)2)21-9-13(8-18(21)23)19(24)25-10-15(22)16-6-7-17(20)26-16/h3-7,13H,8-10H2,1-2H3. The predicted octanol–water partition coefficient (Wildman–Crippen LogP) is 3.91. The van der Waals surface area contributed by atoms with E-state index in [9.17, 15) is 14.4 Å². The quantitative estimate of drug-likeness (QED) is 0.527. The molecule has 7 heteroatoms. The molecule has 0 radical (unpaired) electrons. The van der Waals surface area contributed by atoms with Crippen LogP contribution in [-0.4, -0.2) is 30.8 Å².